The van der Waals surface area contributed by atoms with Gasteiger partial charge in [-0.1, -0.05) is 79.8 Å². The highest BCUT2D eigenvalue weighted by atomic mass is 16.5. The highest BCUT2D eigenvalue weighted by Gasteiger charge is 2.00. The van der Waals surface area contributed by atoms with Crippen LogP contribution in [0.25, 0.3) is 0 Å². The van der Waals surface area contributed by atoms with Crippen LogP contribution in [0.5, 0.6) is 0 Å². The topological polar surface area (TPSA) is 29.5 Å². The third-order valence-corrected chi connectivity index (χ3v) is 3.53. The first-order valence-corrected chi connectivity index (χ1v) is 9.38. The molecule has 1 unspecified atom stereocenters. The Bertz CT molecular complexity index is 435. The summed E-state index contributed by atoms with van der Waals surface area (Å²) in [5.41, 5.74) is 0. The highest BCUT2D eigenvalue weighted by Crippen LogP contribution is 1.99. The fourth-order valence-corrected chi connectivity index (χ4v) is 2.02. The number of ether oxygens (including phenoxy) is 1. The quantitative estimate of drug-likeness (QED) is 0.365. The number of allylic oxidation sites excluding steroid dienone is 11. The van der Waals surface area contributed by atoms with Gasteiger partial charge in [0.25, 0.3) is 0 Å². The maximum atomic E-state index is 8.98. The SMILES string of the molecule is CC/C=C\C/C=C\C/C=C\C/C=C\C/C=C\C/C=C\CC(CO)OC. The zero-order valence-electron chi connectivity index (χ0n) is 16.0. The van der Waals surface area contributed by atoms with Gasteiger partial charge in [0, 0.05) is 7.11 Å². The number of hydrogen-bond acceptors (Lipinski definition) is 2. The average Bonchev–Trinajstić information content (AvgIpc) is 2.64. The van der Waals surface area contributed by atoms with Crippen LogP contribution in [0.4, 0.5) is 0 Å². The molecule has 0 amide bonds. The molecule has 0 saturated carbocycles. The molecule has 1 atom stereocenters. The Labute approximate surface area is 155 Å². The van der Waals surface area contributed by atoms with Gasteiger partial charge in [-0.05, 0) is 44.9 Å². The van der Waals surface area contributed by atoms with Gasteiger partial charge in [0.15, 0.2) is 0 Å². The average molecular weight is 345 g/mol. The monoisotopic (exact) mass is 344 g/mol. The first-order valence-electron chi connectivity index (χ1n) is 9.38. The third-order valence-electron chi connectivity index (χ3n) is 3.53. The number of aliphatic hydroxyl groups is 1. The Morgan fingerprint density at radius 2 is 1.00 bits per heavy atom. The summed E-state index contributed by atoms with van der Waals surface area (Å²) in [5.74, 6) is 0. The lowest BCUT2D eigenvalue weighted by Gasteiger charge is -2.07. The van der Waals surface area contributed by atoms with E-state index in [1.54, 1.807) is 7.11 Å². The number of hydrogen-bond donors (Lipinski definition) is 1. The van der Waals surface area contributed by atoms with Crippen LogP contribution in [-0.4, -0.2) is 24.9 Å². The minimum atomic E-state index is -0.0791. The Morgan fingerprint density at radius 3 is 1.32 bits per heavy atom. The lowest BCUT2D eigenvalue weighted by Crippen LogP contribution is -2.13. The van der Waals surface area contributed by atoms with Crippen molar-refractivity contribution in [1.29, 1.82) is 0 Å². The predicted octanol–water partition coefficient (Wildman–Crippen LogP) is 6.08. The van der Waals surface area contributed by atoms with Crippen LogP contribution >= 0.6 is 0 Å². The van der Waals surface area contributed by atoms with Gasteiger partial charge in [-0.3, -0.25) is 0 Å². The second-order valence-electron chi connectivity index (χ2n) is 5.69. The number of rotatable bonds is 15. The maximum absolute atomic E-state index is 8.98. The summed E-state index contributed by atoms with van der Waals surface area (Å²) in [6.07, 6.45) is 32.9. The van der Waals surface area contributed by atoms with Crippen molar-refractivity contribution in [1.82, 2.24) is 0 Å². The van der Waals surface area contributed by atoms with E-state index >= 15 is 0 Å². The molecule has 0 aromatic heterocycles. The molecule has 1 N–H and O–H groups in total. The van der Waals surface area contributed by atoms with Crippen molar-refractivity contribution >= 4 is 0 Å². The van der Waals surface area contributed by atoms with E-state index in [1.807, 2.05) is 0 Å². The molecular formula is C23H36O2. The number of aliphatic hydroxyl groups excluding tert-OH is 1. The van der Waals surface area contributed by atoms with Gasteiger partial charge < -0.3 is 9.84 Å². The molecule has 0 saturated heterocycles. The molecule has 0 aliphatic heterocycles. The molecule has 0 aromatic rings. The van der Waals surface area contributed by atoms with Gasteiger partial charge in [-0.25, -0.2) is 0 Å². The summed E-state index contributed by atoms with van der Waals surface area (Å²) >= 11 is 0. The van der Waals surface area contributed by atoms with E-state index in [2.05, 4.69) is 79.8 Å². The van der Waals surface area contributed by atoms with Crippen molar-refractivity contribution in [2.75, 3.05) is 13.7 Å². The second kappa shape index (κ2) is 20.4. The molecule has 0 fully saturated rings. The van der Waals surface area contributed by atoms with Gasteiger partial charge >= 0.3 is 0 Å². The van der Waals surface area contributed by atoms with Crippen LogP contribution in [-0.2, 0) is 4.74 Å². The van der Waals surface area contributed by atoms with Crippen LogP contribution in [0.15, 0.2) is 72.9 Å². The Balaban J connectivity index is 3.57. The van der Waals surface area contributed by atoms with Crippen molar-refractivity contribution < 1.29 is 9.84 Å². The van der Waals surface area contributed by atoms with Crippen molar-refractivity contribution in [2.24, 2.45) is 0 Å². The van der Waals surface area contributed by atoms with Gasteiger partial charge in [0.2, 0.25) is 0 Å². The van der Waals surface area contributed by atoms with Crippen molar-refractivity contribution in [3.63, 3.8) is 0 Å². The summed E-state index contributed by atoms with van der Waals surface area (Å²) in [6.45, 7) is 2.23. The molecule has 0 heterocycles. The minimum absolute atomic E-state index is 0.0719. The molecule has 0 bridgehead atoms. The van der Waals surface area contributed by atoms with Crippen LogP contribution in [0.1, 0.15) is 51.9 Å². The largest absolute Gasteiger partial charge is 0.394 e. The lowest BCUT2D eigenvalue weighted by atomic mass is 10.2. The lowest BCUT2D eigenvalue weighted by molar-refractivity contribution is 0.0513. The summed E-state index contributed by atoms with van der Waals surface area (Å²) in [4.78, 5) is 0. The van der Waals surface area contributed by atoms with Crippen LogP contribution in [0.2, 0.25) is 0 Å². The molecule has 25 heavy (non-hydrogen) atoms. The fraction of sp³-hybridized carbons (Fsp3) is 0.478. The second-order valence-corrected chi connectivity index (χ2v) is 5.69. The molecule has 140 valence electrons. The van der Waals surface area contributed by atoms with E-state index in [0.29, 0.717) is 0 Å². The van der Waals surface area contributed by atoms with E-state index < -0.39 is 0 Å². The highest BCUT2D eigenvalue weighted by molar-refractivity contribution is 5.01. The van der Waals surface area contributed by atoms with Crippen molar-refractivity contribution in [3.8, 4) is 0 Å². The summed E-state index contributed by atoms with van der Waals surface area (Å²) in [7, 11) is 1.62. The fourth-order valence-electron chi connectivity index (χ4n) is 2.02. The zero-order chi connectivity index (χ0) is 18.4. The van der Waals surface area contributed by atoms with Crippen molar-refractivity contribution in [2.45, 2.75) is 58.0 Å². The Hall–Kier alpha value is -1.64. The van der Waals surface area contributed by atoms with Crippen LogP contribution in [0.3, 0.4) is 0 Å². The maximum Gasteiger partial charge on any atom is 0.0836 e. The predicted molar refractivity (Wildman–Crippen MR) is 111 cm³/mol. The number of methoxy groups -OCH3 is 1. The Morgan fingerprint density at radius 1 is 0.640 bits per heavy atom. The van der Waals surface area contributed by atoms with E-state index in [9.17, 15) is 0 Å². The van der Waals surface area contributed by atoms with E-state index in [-0.39, 0.29) is 12.7 Å². The normalized spacial score (nSPS) is 14.5. The van der Waals surface area contributed by atoms with Gasteiger partial charge in [-0.15, -0.1) is 0 Å². The summed E-state index contributed by atoms with van der Waals surface area (Å²) in [6, 6.07) is 0. The van der Waals surface area contributed by atoms with Crippen molar-refractivity contribution in [3.05, 3.63) is 72.9 Å². The third kappa shape index (κ3) is 18.5. The Kier molecular flexibility index (Phi) is 19.1. The first-order chi connectivity index (χ1) is 12.3. The van der Waals surface area contributed by atoms with Crippen LogP contribution in [0, 0.1) is 0 Å². The minimum Gasteiger partial charge on any atom is -0.394 e. The van der Waals surface area contributed by atoms with E-state index in [0.717, 1.165) is 44.9 Å². The smallest absolute Gasteiger partial charge is 0.0836 e. The molecule has 2 nitrogen and oxygen atoms in total. The standard InChI is InChI=1S/C23H36O2/c1-3-4-5-6-7-8-9-10-11-12-13-14-15-16-17-18-19-20-21-23(22-24)25-2/h4-5,7-8,10-11,13-14,16-17,19-20,23-24H,3,6,9,12,15,18,21-22H2,1-2H3/b5-4-,8-7-,11-10-,14-13-,17-16-,20-19-. The van der Waals surface area contributed by atoms with E-state index in [1.165, 1.54) is 0 Å². The zero-order valence-corrected chi connectivity index (χ0v) is 16.0. The first kappa shape index (κ1) is 23.4. The van der Waals surface area contributed by atoms with Gasteiger partial charge in [0.05, 0.1) is 12.7 Å². The molecule has 2 heteroatoms. The molecule has 0 aromatic carbocycles. The van der Waals surface area contributed by atoms with Gasteiger partial charge in [-0.2, -0.15) is 0 Å². The summed E-state index contributed by atoms with van der Waals surface area (Å²) < 4.78 is 5.09. The van der Waals surface area contributed by atoms with Gasteiger partial charge in [0.1, 0.15) is 0 Å². The molecule has 0 spiro atoms. The molecule has 0 aliphatic carbocycles. The summed E-state index contributed by atoms with van der Waals surface area (Å²) in [5, 5.41) is 8.98. The molecular weight excluding hydrogens is 308 g/mol. The molecule has 0 aliphatic rings. The van der Waals surface area contributed by atoms with Crippen LogP contribution < -0.4 is 0 Å². The molecule has 0 radical (unpaired) electrons. The van der Waals surface area contributed by atoms with E-state index in [4.69, 9.17) is 9.84 Å². The molecule has 0 rings (SSSR count).